The minimum Gasteiger partial charge on any atom is -0.480 e. The smallest absolute Gasteiger partial charge is 0.326 e. The van der Waals surface area contributed by atoms with Gasteiger partial charge in [0.05, 0.1) is 0 Å². The number of carboxylic acid groups (broad SMARTS) is 1. The largest absolute Gasteiger partial charge is 0.480 e. The molecule has 0 saturated heterocycles. The average Bonchev–Trinajstić information content (AvgIpc) is 2.32. The first kappa shape index (κ1) is 14.2. The number of hydrogen-bond acceptors (Lipinski definition) is 3. The van der Waals surface area contributed by atoms with Gasteiger partial charge in [-0.3, -0.25) is 9.69 Å². The van der Waals surface area contributed by atoms with Crippen LogP contribution in [0.5, 0.6) is 0 Å². The number of carbonyl (C=O) groups is 2. The molecule has 0 aliphatic rings. The number of hydrogen-bond donors (Lipinski definition) is 1. The average molecular weight is 251 g/mol. The second kappa shape index (κ2) is 6.16. The molecule has 0 saturated carbocycles. The molecule has 0 radical (unpaired) electrons. The van der Waals surface area contributed by atoms with E-state index in [9.17, 15) is 9.59 Å². The van der Waals surface area contributed by atoms with Gasteiger partial charge in [0.25, 0.3) is 5.91 Å². The summed E-state index contributed by atoms with van der Waals surface area (Å²) in [5.41, 5.74) is 1.43. The predicted molar refractivity (Wildman–Crippen MR) is 67.6 cm³/mol. The molecule has 0 bridgehead atoms. The molecular weight excluding hydrogens is 234 g/mol. The third kappa shape index (κ3) is 3.07. The van der Waals surface area contributed by atoms with Crippen LogP contribution >= 0.6 is 0 Å². The van der Waals surface area contributed by atoms with Crippen molar-refractivity contribution in [2.75, 3.05) is 18.6 Å². The summed E-state index contributed by atoms with van der Waals surface area (Å²) >= 11 is 0. The van der Waals surface area contributed by atoms with Gasteiger partial charge in [-0.25, -0.2) is 4.79 Å². The number of nitrogens with zero attached hydrogens (tertiary/aromatic N) is 1. The lowest BCUT2D eigenvalue weighted by Gasteiger charge is -2.27. The molecule has 0 heterocycles. The van der Waals surface area contributed by atoms with Crippen molar-refractivity contribution in [3.63, 3.8) is 0 Å². The van der Waals surface area contributed by atoms with Gasteiger partial charge in [-0.15, -0.1) is 0 Å². The van der Waals surface area contributed by atoms with Crippen LogP contribution in [0, 0.1) is 6.92 Å². The van der Waals surface area contributed by atoms with Gasteiger partial charge in [0.1, 0.15) is 12.6 Å². The van der Waals surface area contributed by atoms with Gasteiger partial charge >= 0.3 is 5.97 Å². The summed E-state index contributed by atoms with van der Waals surface area (Å²) in [5.74, 6) is -1.43. The third-order valence-electron chi connectivity index (χ3n) is 2.66. The van der Waals surface area contributed by atoms with E-state index in [2.05, 4.69) is 0 Å². The molecule has 1 atom stereocenters. The van der Waals surface area contributed by atoms with Gasteiger partial charge in [0.15, 0.2) is 0 Å². The maximum Gasteiger partial charge on any atom is 0.326 e. The fraction of sp³-hybridized carbons (Fsp3) is 0.385. The molecule has 18 heavy (non-hydrogen) atoms. The zero-order valence-electron chi connectivity index (χ0n) is 10.7. The predicted octanol–water partition coefficient (Wildman–Crippen LogP) is 1.45. The van der Waals surface area contributed by atoms with E-state index in [1.807, 2.05) is 19.1 Å². The normalized spacial score (nSPS) is 11.9. The quantitative estimate of drug-likeness (QED) is 0.860. The Morgan fingerprint density at radius 3 is 2.50 bits per heavy atom. The van der Waals surface area contributed by atoms with E-state index in [-0.39, 0.29) is 12.5 Å². The van der Waals surface area contributed by atoms with Crippen molar-refractivity contribution in [3.05, 3.63) is 29.8 Å². The van der Waals surface area contributed by atoms with Crippen LogP contribution in [0.15, 0.2) is 24.3 Å². The standard InChI is InChI=1S/C13H17NO4/c1-9-6-4-5-7-11(9)14(10(2)13(16)17)12(15)8-18-3/h4-7,10H,8H2,1-3H3,(H,16,17). The molecule has 5 nitrogen and oxygen atoms in total. The summed E-state index contributed by atoms with van der Waals surface area (Å²) in [7, 11) is 1.40. The van der Waals surface area contributed by atoms with Crippen LogP contribution in [-0.4, -0.2) is 36.7 Å². The molecule has 5 heteroatoms. The monoisotopic (exact) mass is 251 g/mol. The number of para-hydroxylation sites is 1. The Labute approximate surface area is 106 Å². The van der Waals surface area contributed by atoms with Crippen LogP contribution in [0.4, 0.5) is 5.69 Å². The van der Waals surface area contributed by atoms with Gasteiger partial charge in [-0.05, 0) is 25.5 Å². The number of carbonyl (C=O) groups excluding carboxylic acids is 1. The molecule has 98 valence electrons. The van der Waals surface area contributed by atoms with Gasteiger partial charge in [-0.1, -0.05) is 18.2 Å². The van der Waals surface area contributed by atoms with Crippen molar-refractivity contribution in [1.29, 1.82) is 0 Å². The van der Waals surface area contributed by atoms with Crippen LogP contribution < -0.4 is 4.90 Å². The molecule has 0 aliphatic heterocycles. The SMILES string of the molecule is COCC(=O)N(c1ccccc1C)C(C)C(=O)O. The number of anilines is 1. The highest BCUT2D eigenvalue weighted by Gasteiger charge is 2.27. The van der Waals surface area contributed by atoms with Crippen LogP contribution in [0.3, 0.4) is 0 Å². The number of amides is 1. The lowest BCUT2D eigenvalue weighted by molar-refractivity contribution is -0.140. The third-order valence-corrected chi connectivity index (χ3v) is 2.66. The molecule has 1 aromatic rings. The Bertz CT molecular complexity index is 444. The van der Waals surface area contributed by atoms with Crippen molar-refractivity contribution < 1.29 is 19.4 Å². The summed E-state index contributed by atoms with van der Waals surface area (Å²) in [4.78, 5) is 24.3. The fourth-order valence-electron chi connectivity index (χ4n) is 1.70. The molecule has 0 fully saturated rings. The van der Waals surface area contributed by atoms with E-state index < -0.39 is 12.0 Å². The molecule has 1 unspecified atom stereocenters. The van der Waals surface area contributed by atoms with Gasteiger partial charge in [0.2, 0.25) is 0 Å². The Morgan fingerprint density at radius 1 is 1.39 bits per heavy atom. The van der Waals surface area contributed by atoms with Crippen molar-refractivity contribution in [2.45, 2.75) is 19.9 Å². The first-order chi connectivity index (χ1) is 8.49. The van der Waals surface area contributed by atoms with Gasteiger partial charge in [0, 0.05) is 12.8 Å². The minimum absolute atomic E-state index is 0.147. The number of rotatable bonds is 5. The highest BCUT2D eigenvalue weighted by atomic mass is 16.5. The lowest BCUT2D eigenvalue weighted by atomic mass is 10.1. The maximum atomic E-state index is 12.0. The molecule has 1 rings (SSSR count). The number of carboxylic acids is 1. The Kier molecular flexibility index (Phi) is 4.85. The second-order valence-corrected chi connectivity index (χ2v) is 4.00. The highest BCUT2D eigenvalue weighted by molar-refractivity contribution is 6.00. The number of ether oxygens (including phenoxy) is 1. The van der Waals surface area contributed by atoms with E-state index in [0.717, 1.165) is 5.56 Å². The summed E-state index contributed by atoms with van der Waals surface area (Å²) in [5, 5.41) is 9.09. The van der Waals surface area contributed by atoms with E-state index in [0.29, 0.717) is 5.69 Å². The molecule has 0 spiro atoms. The number of benzene rings is 1. The Balaban J connectivity index is 3.16. The molecule has 1 N–H and O–H groups in total. The van der Waals surface area contributed by atoms with Crippen molar-refractivity contribution in [3.8, 4) is 0 Å². The summed E-state index contributed by atoms with van der Waals surface area (Å²) in [6.45, 7) is 3.16. The zero-order valence-corrected chi connectivity index (χ0v) is 10.7. The summed E-state index contributed by atoms with van der Waals surface area (Å²) in [6, 6.07) is 6.22. The van der Waals surface area contributed by atoms with Gasteiger partial charge < -0.3 is 9.84 Å². The fourth-order valence-corrected chi connectivity index (χ4v) is 1.70. The zero-order chi connectivity index (χ0) is 13.7. The van der Waals surface area contributed by atoms with Gasteiger partial charge in [-0.2, -0.15) is 0 Å². The van der Waals surface area contributed by atoms with Crippen molar-refractivity contribution >= 4 is 17.6 Å². The first-order valence-corrected chi connectivity index (χ1v) is 5.58. The second-order valence-electron chi connectivity index (χ2n) is 4.00. The number of aliphatic carboxylic acids is 1. The van der Waals surface area contributed by atoms with E-state index in [4.69, 9.17) is 9.84 Å². The molecule has 1 amide bonds. The van der Waals surface area contributed by atoms with Crippen molar-refractivity contribution in [1.82, 2.24) is 0 Å². The van der Waals surface area contributed by atoms with Crippen LogP contribution in [0.25, 0.3) is 0 Å². The number of methoxy groups -OCH3 is 1. The van der Waals surface area contributed by atoms with E-state index in [1.165, 1.54) is 18.9 Å². The van der Waals surface area contributed by atoms with E-state index in [1.54, 1.807) is 12.1 Å². The molecule has 0 aromatic heterocycles. The highest BCUT2D eigenvalue weighted by Crippen LogP contribution is 2.22. The topological polar surface area (TPSA) is 66.8 Å². The van der Waals surface area contributed by atoms with Crippen molar-refractivity contribution in [2.24, 2.45) is 0 Å². The lowest BCUT2D eigenvalue weighted by Crippen LogP contribution is -2.45. The number of aryl methyl sites for hydroxylation is 1. The minimum atomic E-state index is -1.05. The maximum absolute atomic E-state index is 12.0. The van der Waals surface area contributed by atoms with Crippen LogP contribution in [0.1, 0.15) is 12.5 Å². The summed E-state index contributed by atoms with van der Waals surface area (Å²) in [6.07, 6.45) is 0. The molecular formula is C13H17NO4. The summed E-state index contributed by atoms with van der Waals surface area (Å²) < 4.78 is 4.79. The molecule has 0 aliphatic carbocycles. The molecule has 1 aromatic carbocycles. The Hall–Kier alpha value is -1.88. The Morgan fingerprint density at radius 2 is 2.00 bits per heavy atom. The van der Waals surface area contributed by atoms with Crippen LogP contribution in [-0.2, 0) is 14.3 Å². The van der Waals surface area contributed by atoms with Crippen LogP contribution in [0.2, 0.25) is 0 Å². The first-order valence-electron chi connectivity index (χ1n) is 5.58. The van der Waals surface area contributed by atoms with E-state index >= 15 is 0 Å².